The predicted molar refractivity (Wildman–Crippen MR) is 73.7 cm³/mol. The maximum atomic E-state index is 11.3. The molecule has 1 atom stereocenters. The van der Waals surface area contributed by atoms with Crippen LogP contribution < -0.4 is 10.1 Å². The zero-order valence-corrected chi connectivity index (χ0v) is 11.2. The molecule has 1 amide bonds. The smallest absolute Gasteiger partial charge is 0.262 e. The molecule has 1 unspecified atom stereocenters. The van der Waals surface area contributed by atoms with Gasteiger partial charge in [0.05, 0.1) is 5.69 Å². The number of aryl methyl sites for hydroxylation is 1. The summed E-state index contributed by atoms with van der Waals surface area (Å²) in [6.45, 7) is 2.01. The van der Waals surface area contributed by atoms with Gasteiger partial charge in [0.1, 0.15) is 11.9 Å². The Kier molecular flexibility index (Phi) is 3.00. The third-order valence-electron chi connectivity index (χ3n) is 3.10. The second kappa shape index (κ2) is 4.68. The van der Waals surface area contributed by atoms with Gasteiger partial charge in [0.2, 0.25) is 0 Å². The van der Waals surface area contributed by atoms with Gasteiger partial charge < -0.3 is 15.2 Å². The molecule has 0 saturated carbocycles. The number of fused-ring (bicyclic) bond motifs is 1. The zero-order valence-electron chi connectivity index (χ0n) is 10.3. The quantitative estimate of drug-likeness (QED) is 0.885. The first-order chi connectivity index (χ1) is 9.15. The minimum Gasteiger partial charge on any atom is -0.482 e. The van der Waals surface area contributed by atoms with Gasteiger partial charge in [-0.15, -0.1) is 11.3 Å². The van der Waals surface area contributed by atoms with Crippen molar-refractivity contribution in [2.75, 3.05) is 11.9 Å². The molecule has 1 aromatic heterocycles. The molecular weight excluding hydrogens is 262 g/mol. The van der Waals surface area contributed by atoms with Gasteiger partial charge in [-0.1, -0.05) is 6.07 Å². The van der Waals surface area contributed by atoms with Crippen molar-refractivity contribution in [1.29, 1.82) is 0 Å². The molecule has 0 radical (unpaired) electrons. The molecule has 0 bridgehead atoms. The Balaban J connectivity index is 1.96. The monoisotopic (exact) mass is 275 g/mol. The third-order valence-corrected chi connectivity index (χ3v) is 4.17. The maximum absolute atomic E-state index is 11.3. The minimum atomic E-state index is -0.677. The molecule has 0 spiro atoms. The fourth-order valence-corrected chi connectivity index (χ4v) is 3.02. The topological polar surface area (TPSA) is 58.6 Å². The number of amides is 1. The highest BCUT2D eigenvalue weighted by molar-refractivity contribution is 7.10. The summed E-state index contributed by atoms with van der Waals surface area (Å²) < 4.78 is 5.29. The predicted octanol–water partition coefficient (Wildman–Crippen LogP) is 2.47. The van der Waals surface area contributed by atoms with E-state index in [0.29, 0.717) is 11.4 Å². The van der Waals surface area contributed by atoms with E-state index in [1.54, 1.807) is 12.1 Å². The summed E-state index contributed by atoms with van der Waals surface area (Å²) in [5.74, 6) is 0.463. The van der Waals surface area contributed by atoms with Crippen LogP contribution in [0.25, 0.3) is 0 Å². The van der Waals surface area contributed by atoms with Crippen LogP contribution in [0, 0.1) is 6.92 Å². The lowest BCUT2D eigenvalue weighted by Gasteiger charge is -2.20. The summed E-state index contributed by atoms with van der Waals surface area (Å²) >= 11 is 1.52. The first kappa shape index (κ1) is 12.2. The Hall–Kier alpha value is -1.85. The first-order valence-electron chi connectivity index (χ1n) is 5.94. The van der Waals surface area contributed by atoms with Gasteiger partial charge in [0, 0.05) is 4.88 Å². The van der Waals surface area contributed by atoms with Gasteiger partial charge in [-0.05, 0) is 41.6 Å². The molecule has 19 heavy (non-hydrogen) atoms. The van der Waals surface area contributed by atoms with Crippen molar-refractivity contribution in [3.63, 3.8) is 0 Å². The number of benzene rings is 1. The Morgan fingerprint density at radius 2 is 2.26 bits per heavy atom. The number of carbonyl (C=O) groups is 1. The number of hydrogen-bond donors (Lipinski definition) is 2. The average molecular weight is 275 g/mol. The van der Waals surface area contributed by atoms with Crippen molar-refractivity contribution in [3.05, 3.63) is 45.6 Å². The van der Waals surface area contributed by atoms with E-state index in [9.17, 15) is 9.90 Å². The third kappa shape index (κ3) is 2.22. The Morgan fingerprint density at radius 1 is 1.42 bits per heavy atom. The number of thiophene rings is 1. The lowest BCUT2D eigenvalue weighted by molar-refractivity contribution is -0.118. The Labute approximate surface area is 114 Å². The van der Waals surface area contributed by atoms with Gasteiger partial charge in [0.15, 0.2) is 6.61 Å². The molecule has 0 saturated heterocycles. The molecule has 2 aromatic rings. The van der Waals surface area contributed by atoms with Gasteiger partial charge in [-0.25, -0.2) is 0 Å². The molecule has 1 aromatic carbocycles. The number of hydrogen-bond acceptors (Lipinski definition) is 4. The maximum Gasteiger partial charge on any atom is 0.262 e. The Bertz CT molecular complexity index is 635. The number of aliphatic hydroxyl groups excluding tert-OH is 1. The highest BCUT2D eigenvalue weighted by Crippen LogP contribution is 2.34. The number of rotatable bonds is 2. The van der Waals surface area contributed by atoms with Crippen molar-refractivity contribution in [2.24, 2.45) is 0 Å². The van der Waals surface area contributed by atoms with Gasteiger partial charge in [0.25, 0.3) is 5.91 Å². The van der Waals surface area contributed by atoms with Gasteiger partial charge >= 0.3 is 0 Å². The summed E-state index contributed by atoms with van der Waals surface area (Å²) in [4.78, 5) is 12.2. The van der Waals surface area contributed by atoms with Gasteiger partial charge in [-0.3, -0.25) is 4.79 Å². The molecule has 98 valence electrons. The largest absolute Gasteiger partial charge is 0.482 e. The summed E-state index contributed by atoms with van der Waals surface area (Å²) in [5, 5.41) is 15.1. The lowest BCUT2D eigenvalue weighted by Crippen LogP contribution is -2.25. The molecule has 1 aliphatic heterocycles. The normalized spacial score (nSPS) is 15.4. The number of ether oxygens (including phenoxy) is 1. The molecule has 0 fully saturated rings. The van der Waals surface area contributed by atoms with Crippen molar-refractivity contribution in [2.45, 2.75) is 13.0 Å². The van der Waals surface area contributed by atoms with E-state index in [1.165, 1.54) is 11.3 Å². The summed E-state index contributed by atoms with van der Waals surface area (Å²) in [6.07, 6.45) is -0.677. The standard InChI is InChI=1S/C14H13NO3S/c1-8-4-5-19-14(8)13(17)9-2-3-11-10(6-9)15-12(16)7-18-11/h2-6,13,17H,7H2,1H3,(H,15,16). The number of anilines is 1. The number of carbonyl (C=O) groups excluding carboxylic acids is 1. The first-order valence-corrected chi connectivity index (χ1v) is 6.82. The van der Waals surface area contributed by atoms with Crippen LogP contribution in [0.1, 0.15) is 22.1 Å². The molecule has 5 heteroatoms. The van der Waals surface area contributed by atoms with Crippen LogP contribution in [0.5, 0.6) is 5.75 Å². The van der Waals surface area contributed by atoms with E-state index in [1.807, 2.05) is 24.4 Å². The van der Waals surface area contributed by atoms with Crippen LogP contribution in [0.15, 0.2) is 29.6 Å². The van der Waals surface area contributed by atoms with Crippen molar-refractivity contribution >= 4 is 22.9 Å². The molecule has 0 aliphatic carbocycles. The van der Waals surface area contributed by atoms with E-state index in [-0.39, 0.29) is 12.5 Å². The van der Waals surface area contributed by atoms with Crippen LogP contribution in [0.2, 0.25) is 0 Å². The summed E-state index contributed by atoms with van der Waals surface area (Å²) in [5.41, 5.74) is 2.42. The average Bonchev–Trinajstić information content (AvgIpc) is 2.83. The summed E-state index contributed by atoms with van der Waals surface area (Å²) in [6, 6.07) is 7.33. The van der Waals surface area contributed by atoms with Crippen LogP contribution in [-0.2, 0) is 4.79 Å². The van der Waals surface area contributed by atoms with E-state index in [2.05, 4.69) is 5.32 Å². The van der Waals surface area contributed by atoms with E-state index >= 15 is 0 Å². The second-order valence-electron chi connectivity index (χ2n) is 4.46. The van der Waals surface area contributed by atoms with E-state index in [4.69, 9.17) is 4.74 Å². The van der Waals surface area contributed by atoms with Crippen LogP contribution in [-0.4, -0.2) is 17.6 Å². The van der Waals surface area contributed by atoms with Crippen molar-refractivity contribution < 1.29 is 14.6 Å². The fraction of sp³-hybridized carbons (Fsp3) is 0.214. The Morgan fingerprint density at radius 3 is 3.00 bits per heavy atom. The molecule has 1 aliphatic rings. The number of aliphatic hydroxyl groups is 1. The molecular formula is C14H13NO3S. The molecule has 4 nitrogen and oxygen atoms in total. The molecule has 2 N–H and O–H groups in total. The summed E-state index contributed by atoms with van der Waals surface area (Å²) in [7, 11) is 0. The van der Waals surface area contributed by atoms with Crippen molar-refractivity contribution in [1.82, 2.24) is 0 Å². The molecule has 3 rings (SSSR count). The minimum absolute atomic E-state index is 0.0406. The number of nitrogens with one attached hydrogen (secondary N) is 1. The van der Waals surface area contributed by atoms with Crippen molar-refractivity contribution in [3.8, 4) is 5.75 Å². The van der Waals surface area contributed by atoms with E-state index in [0.717, 1.165) is 16.0 Å². The lowest BCUT2D eigenvalue weighted by atomic mass is 10.0. The zero-order chi connectivity index (χ0) is 13.4. The van der Waals surface area contributed by atoms with Gasteiger partial charge in [-0.2, -0.15) is 0 Å². The fourth-order valence-electron chi connectivity index (χ4n) is 2.09. The SMILES string of the molecule is Cc1ccsc1C(O)c1ccc2c(c1)NC(=O)CO2. The van der Waals surface area contributed by atoms with Crippen LogP contribution in [0.4, 0.5) is 5.69 Å². The second-order valence-corrected chi connectivity index (χ2v) is 5.41. The highest BCUT2D eigenvalue weighted by Gasteiger charge is 2.20. The molecule has 2 heterocycles. The van der Waals surface area contributed by atoms with Crippen LogP contribution >= 0.6 is 11.3 Å². The highest BCUT2D eigenvalue weighted by atomic mass is 32.1. The van der Waals surface area contributed by atoms with Crippen LogP contribution in [0.3, 0.4) is 0 Å². The van der Waals surface area contributed by atoms with E-state index < -0.39 is 6.10 Å².